The van der Waals surface area contributed by atoms with Crippen molar-refractivity contribution in [1.29, 1.82) is 0 Å². The van der Waals surface area contributed by atoms with Crippen LogP contribution >= 0.6 is 0 Å². The molecule has 0 bridgehead atoms. The van der Waals surface area contributed by atoms with Crippen LogP contribution in [0.15, 0.2) is 71.7 Å². The molecule has 0 saturated carbocycles. The number of hydrogen-bond donors (Lipinski definition) is 0. The number of benzene rings is 3. The van der Waals surface area contributed by atoms with Gasteiger partial charge >= 0.3 is 0 Å². The number of rotatable bonds is 3. The fraction of sp³-hybridized carbons (Fsp3) is 0.174. The van der Waals surface area contributed by atoms with E-state index < -0.39 is 0 Å². The zero-order valence-electron chi connectivity index (χ0n) is 14.2. The summed E-state index contributed by atoms with van der Waals surface area (Å²) in [5.74, 6) is 0. The number of aryl methyl sites for hydroxylation is 2. The Morgan fingerprint density at radius 3 is 1.50 bits per heavy atom. The van der Waals surface area contributed by atoms with Crippen molar-refractivity contribution >= 4 is 11.4 Å². The van der Waals surface area contributed by atoms with Crippen molar-refractivity contribution in [2.45, 2.75) is 26.7 Å². The lowest BCUT2D eigenvalue weighted by atomic mass is 10.0. The minimum atomic E-state index is 1.00. The Labute approximate surface area is 143 Å². The van der Waals surface area contributed by atoms with Gasteiger partial charge in [0.25, 0.3) is 0 Å². The molecule has 0 aliphatic heterocycles. The molecule has 1 heteroatoms. The molecular weight excluding hydrogens is 290 g/mol. The first-order valence-electron chi connectivity index (χ1n) is 8.72. The van der Waals surface area contributed by atoms with Gasteiger partial charge in [-0.1, -0.05) is 80.6 Å². The van der Waals surface area contributed by atoms with Crippen molar-refractivity contribution in [3.8, 4) is 11.1 Å². The van der Waals surface area contributed by atoms with Crippen LogP contribution < -0.4 is 0 Å². The Morgan fingerprint density at radius 1 is 0.583 bits per heavy atom. The monoisotopic (exact) mass is 311 g/mol. The third-order valence-corrected chi connectivity index (χ3v) is 4.84. The fourth-order valence-electron chi connectivity index (χ4n) is 3.59. The summed E-state index contributed by atoms with van der Waals surface area (Å²) in [5.41, 5.74) is 9.98. The topological polar surface area (TPSA) is 12.4 Å². The molecule has 0 amide bonds. The second kappa shape index (κ2) is 6.09. The summed E-state index contributed by atoms with van der Waals surface area (Å²) in [6.45, 7) is 4.41. The molecule has 1 nitrogen and oxygen atoms in total. The average Bonchev–Trinajstić information content (AvgIpc) is 2.96. The van der Waals surface area contributed by atoms with Crippen LogP contribution in [0, 0.1) is 0 Å². The van der Waals surface area contributed by atoms with Crippen LogP contribution in [-0.4, -0.2) is 5.71 Å². The van der Waals surface area contributed by atoms with Gasteiger partial charge < -0.3 is 0 Å². The summed E-state index contributed by atoms with van der Waals surface area (Å²) in [7, 11) is 0. The first kappa shape index (κ1) is 14.9. The van der Waals surface area contributed by atoms with Crippen molar-refractivity contribution in [2.75, 3.05) is 0 Å². The highest BCUT2D eigenvalue weighted by Crippen LogP contribution is 2.38. The second-order valence-corrected chi connectivity index (χ2v) is 6.18. The highest BCUT2D eigenvalue weighted by Gasteiger charge is 2.24. The van der Waals surface area contributed by atoms with Gasteiger partial charge in [0.05, 0.1) is 11.4 Å². The summed E-state index contributed by atoms with van der Waals surface area (Å²) in [6, 6.07) is 23.7. The highest BCUT2D eigenvalue weighted by molar-refractivity contribution is 6.25. The number of aliphatic imine (C=N–C) groups is 1. The van der Waals surface area contributed by atoms with E-state index in [9.17, 15) is 0 Å². The molecule has 4 rings (SSSR count). The van der Waals surface area contributed by atoms with E-state index in [2.05, 4.69) is 80.6 Å². The Hall–Kier alpha value is -2.67. The third kappa shape index (κ3) is 2.28. The first-order chi connectivity index (χ1) is 11.8. The van der Waals surface area contributed by atoms with Gasteiger partial charge in [0.1, 0.15) is 0 Å². The standard InChI is InChI=1S/C23H21N/c1-3-16-10-9-11-17(4-2)22(16)24-23-20-14-7-5-12-18(20)19-13-6-8-15-21(19)23/h5-15H,3-4H2,1-2H3. The van der Waals surface area contributed by atoms with Crippen LogP contribution in [0.1, 0.15) is 36.1 Å². The van der Waals surface area contributed by atoms with E-state index >= 15 is 0 Å². The smallest absolute Gasteiger partial charge is 0.0794 e. The van der Waals surface area contributed by atoms with E-state index in [0.29, 0.717) is 0 Å². The third-order valence-electron chi connectivity index (χ3n) is 4.84. The van der Waals surface area contributed by atoms with Crippen molar-refractivity contribution in [3.05, 3.63) is 89.0 Å². The summed E-state index contributed by atoms with van der Waals surface area (Å²) in [6.07, 6.45) is 2.01. The Morgan fingerprint density at radius 2 is 1.04 bits per heavy atom. The normalized spacial score (nSPS) is 12.0. The lowest BCUT2D eigenvalue weighted by Gasteiger charge is -2.10. The van der Waals surface area contributed by atoms with Crippen LogP contribution in [0.3, 0.4) is 0 Å². The SMILES string of the molecule is CCc1cccc(CC)c1N=C1c2ccccc2-c2ccccc21. The van der Waals surface area contributed by atoms with Gasteiger partial charge in [0, 0.05) is 11.1 Å². The number of fused-ring (bicyclic) bond motifs is 3. The van der Waals surface area contributed by atoms with Crippen LogP contribution in [0.4, 0.5) is 5.69 Å². The molecule has 1 aliphatic rings. The van der Waals surface area contributed by atoms with Crippen molar-refractivity contribution in [1.82, 2.24) is 0 Å². The van der Waals surface area contributed by atoms with Gasteiger partial charge in [0.2, 0.25) is 0 Å². The molecule has 1 aliphatic carbocycles. The average molecular weight is 311 g/mol. The summed E-state index contributed by atoms with van der Waals surface area (Å²) >= 11 is 0. The predicted octanol–water partition coefficient (Wildman–Crippen LogP) is 5.96. The van der Waals surface area contributed by atoms with Gasteiger partial charge in [-0.3, -0.25) is 0 Å². The van der Waals surface area contributed by atoms with Crippen molar-refractivity contribution < 1.29 is 0 Å². The number of nitrogens with zero attached hydrogens (tertiary/aromatic N) is 1. The molecule has 3 aromatic rings. The molecule has 0 unspecified atom stereocenters. The molecule has 0 N–H and O–H groups in total. The van der Waals surface area contributed by atoms with E-state index in [1.807, 2.05) is 0 Å². The van der Waals surface area contributed by atoms with Gasteiger partial charge in [-0.05, 0) is 35.1 Å². The zero-order valence-corrected chi connectivity index (χ0v) is 14.2. The molecule has 0 heterocycles. The molecule has 0 atom stereocenters. The van der Waals surface area contributed by atoms with E-state index in [1.165, 1.54) is 33.4 Å². The molecule has 3 aromatic carbocycles. The number of hydrogen-bond acceptors (Lipinski definition) is 1. The van der Waals surface area contributed by atoms with Crippen LogP contribution in [-0.2, 0) is 12.8 Å². The van der Waals surface area contributed by atoms with E-state index in [1.54, 1.807) is 0 Å². The summed E-state index contributed by atoms with van der Waals surface area (Å²) < 4.78 is 0. The molecule has 118 valence electrons. The summed E-state index contributed by atoms with van der Waals surface area (Å²) in [5, 5.41) is 0. The predicted molar refractivity (Wildman–Crippen MR) is 102 cm³/mol. The lowest BCUT2D eigenvalue weighted by Crippen LogP contribution is -1.99. The van der Waals surface area contributed by atoms with Gasteiger partial charge in [-0.2, -0.15) is 0 Å². The second-order valence-electron chi connectivity index (χ2n) is 6.18. The maximum absolute atomic E-state index is 5.20. The summed E-state index contributed by atoms with van der Waals surface area (Å²) in [4.78, 5) is 5.20. The molecule has 0 saturated heterocycles. The van der Waals surface area contributed by atoms with Crippen LogP contribution in [0.5, 0.6) is 0 Å². The highest BCUT2D eigenvalue weighted by atomic mass is 14.8. The quantitative estimate of drug-likeness (QED) is 0.442. The lowest BCUT2D eigenvalue weighted by molar-refractivity contribution is 1.08. The molecule has 0 spiro atoms. The molecule has 24 heavy (non-hydrogen) atoms. The minimum absolute atomic E-state index is 1.00. The van der Waals surface area contributed by atoms with E-state index in [4.69, 9.17) is 4.99 Å². The Kier molecular flexibility index (Phi) is 3.78. The zero-order chi connectivity index (χ0) is 16.5. The molecular formula is C23H21N. The molecule has 0 aromatic heterocycles. The van der Waals surface area contributed by atoms with Crippen LogP contribution in [0.25, 0.3) is 11.1 Å². The largest absolute Gasteiger partial charge is 0.247 e. The van der Waals surface area contributed by atoms with Gasteiger partial charge in [-0.15, -0.1) is 0 Å². The van der Waals surface area contributed by atoms with Crippen molar-refractivity contribution in [2.24, 2.45) is 4.99 Å². The fourth-order valence-corrected chi connectivity index (χ4v) is 3.59. The van der Waals surface area contributed by atoms with E-state index in [0.717, 1.165) is 24.2 Å². The van der Waals surface area contributed by atoms with Gasteiger partial charge in [0.15, 0.2) is 0 Å². The molecule has 0 fully saturated rings. The Balaban J connectivity index is 1.99. The molecule has 0 radical (unpaired) electrons. The maximum Gasteiger partial charge on any atom is 0.0794 e. The van der Waals surface area contributed by atoms with Crippen LogP contribution in [0.2, 0.25) is 0 Å². The van der Waals surface area contributed by atoms with Crippen molar-refractivity contribution in [3.63, 3.8) is 0 Å². The van der Waals surface area contributed by atoms with Gasteiger partial charge in [-0.25, -0.2) is 4.99 Å². The minimum Gasteiger partial charge on any atom is -0.247 e. The maximum atomic E-state index is 5.20. The Bertz CT molecular complexity index is 865. The van der Waals surface area contributed by atoms with E-state index in [-0.39, 0.29) is 0 Å². The number of para-hydroxylation sites is 1. The first-order valence-corrected chi connectivity index (χ1v) is 8.72.